The number of rotatable bonds is 4. The smallest absolute Gasteiger partial charge is 0.198 e. The van der Waals surface area contributed by atoms with Crippen LogP contribution >= 0.6 is 11.6 Å². The van der Waals surface area contributed by atoms with Crippen molar-refractivity contribution in [2.45, 2.75) is 0 Å². The molecule has 0 spiro atoms. The van der Waals surface area contributed by atoms with Crippen molar-refractivity contribution in [2.24, 2.45) is 5.10 Å². The summed E-state index contributed by atoms with van der Waals surface area (Å²) in [5, 5.41) is 6.01. The molecule has 3 nitrogen and oxygen atoms in total. The molecule has 0 aliphatic rings. The summed E-state index contributed by atoms with van der Waals surface area (Å²) in [6.45, 7) is 0. The first-order chi connectivity index (χ1) is 7.59. The van der Waals surface area contributed by atoms with E-state index >= 15 is 0 Å². The van der Waals surface area contributed by atoms with Gasteiger partial charge < -0.3 is 5.01 Å². The molecular formula is C12H13ClN2O. The lowest BCUT2D eigenvalue weighted by Crippen LogP contribution is -2.05. The van der Waals surface area contributed by atoms with Crippen LogP contribution in [0.25, 0.3) is 6.08 Å². The molecule has 0 unspecified atom stereocenters. The van der Waals surface area contributed by atoms with Crippen LogP contribution in [-0.4, -0.2) is 31.1 Å². The lowest BCUT2D eigenvalue weighted by Gasteiger charge is -2.00. The number of carbonyl (C=O) groups excluding carboxylic acids is 1. The molecule has 0 atom stereocenters. The van der Waals surface area contributed by atoms with Gasteiger partial charge in [0, 0.05) is 19.1 Å². The average Bonchev–Trinajstić information content (AvgIpc) is 2.25. The second-order valence-electron chi connectivity index (χ2n) is 3.35. The van der Waals surface area contributed by atoms with Crippen molar-refractivity contribution in [3.8, 4) is 0 Å². The van der Waals surface area contributed by atoms with Gasteiger partial charge in [-0.1, -0.05) is 29.8 Å². The number of hydrogen-bond acceptors (Lipinski definition) is 3. The lowest BCUT2D eigenvalue weighted by molar-refractivity contribution is -0.108. The van der Waals surface area contributed by atoms with Crippen LogP contribution in [0.15, 0.2) is 35.4 Å². The molecule has 0 aromatic heterocycles. The fourth-order valence-corrected chi connectivity index (χ4v) is 1.20. The minimum atomic E-state index is -0.173. The van der Waals surface area contributed by atoms with Crippen molar-refractivity contribution < 1.29 is 4.79 Å². The highest BCUT2D eigenvalue weighted by Crippen LogP contribution is 2.15. The zero-order chi connectivity index (χ0) is 12.0. The molecule has 0 aliphatic carbocycles. The lowest BCUT2D eigenvalue weighted by atomic mass is 10.2. The maximum Gasteiger partial charge on any atom is 0.198 e. The van der Waals surface area contributed by atoms with Gasteiger partial charge in [0.1, 0.15) is 0 Å². The summed E-state index contributed by atoms with van der Waals surface area (Å²) in [5.74, 6) is -0.173. The largest absolute Gasteiger partial charge is 0.303 e. The fourth-order valence-electron chi connectivity index (χ4n) is 0.998. The quantitative estimate of drug-likeness (QED) is 0.457. The van der Waals surface area contributed by atoms with Crippen molar-refractivity contribution in [3.05, 3.63) is 40.9 Å². The number of hydrazone groups is 1. The number of benzene rings is 1. The van der Waals surface area contributed by atoms with Gasteiger partial charge in [-0.3, -0.25) is 4.79 Å². The first-order valence-electron chi connectivity index (χ1n) is 4.77. The van der Waals surface area contributed by atoms with Gasteiger partial charge in [-0.05, 0) is 23.8 Å². The Hall–Kier alpha value is -1.61. The van der Waals surface area contributed by atoms with Crippen LogP contribution in [0.5, 0.6) is 0 Å². The monoisotopic (exact) mass is 236 g/mol. The van der Waals surface area contributed by atoms with Gasteiger partial charge in [-0.25, -0.2) is 0 Å². The molecule has 1 aromatic rings. The fraction of sp³-hybridized carbons (Fsp3) is 0.167. The molecule has 0 saturated carbocycles. The summed E-state index contributed by atoms with van der Waals surface area (Å²) in [7, 11) is 3.50. The highest BCUT2D eigenvalue weighted by atomic mass is 35.5. The summed E-state index contributed by atoms with van der Waals surface area (Å²) in [6, 6.07) is 7.33. The number of halogens is 1. The van der Waals surface area contributed by atoms with E-state index in [4.69, 9.17) is 11.6 Å². The van der Waals surface area contributed by atoms with E-state index in [2.05, 4.69) is 5.10 Å². The Morgan fingerprint density at radius 3 is 2.69 bits per heavy atom. The van der Waals surface area contributed by atoms with E-state index in [1.54, 1.807) is 31.2 Å². The van der Waals surface area contributed by atoms with E-state index in [1.807, 2.05) is 18.2 Å². The van der Waals surface area contributed by atoms with E-state index in [9.17, 15) is 4.79 Å². The van der Waals surface area contributed by atoms with Crippen molar-refractivity contribution >= 4 is 29.7 Å². The van der Waals surface area contributed by atoms with Gasteiger partial charge >= 0.3 is 0 Å². The zero-order valence-electron chi connectivity index (χ0n) is 9.22. The predicted molar refractivity (Wildman–Crippen MR) is 67.7 cm³/mol. The van der Waals surface area contributed by atoms with Crippen molar-refractivity contribution in [2.75, 3.05) is 14.1 Å². The Kier molecular flexibility index (Phi) is 4.73. The Morgan fingerprint density at radius 1 is 1.38 bits per heavy atom. The Labute approximate surface area is 100 Å². The minimum Gasteiger partial charge on any atom is -0.303 e. The molecule has 0 radical (unpaired) electrons. The van der Waals surface area contributed by atoms with Gasteiger partial charge in [0.15, 0.2) is 5.78 Å². The molecule has 84 valence electrons. The third-order valence-electron chi connectivity index (χ3n) is 1.75. The number of hydrogen-bond donors (Lipinski definition) is 0. The molecule has 0 saturated heterocycles. The van der Waals surface area contributed by atoms with Crippen molar-refractivity contribution in [1.82, 2.24) is 5.01 Å². The maximum absolute atomic E-state index is 11.3. The first-order valence-corrected chi connectivity index (χ1v) is 5.15. The molecular weight excluding hydrogens is 224 g/mol. The number of nitrogens with zero attached hydrogens (tertiary/aromatic N) is 2. The SMILES string of the molecule is CN(C)/N=C/C(=O)/C=C/c1ccccc1Cl. The van der Waals surface area contributed by atoms with Crippen molar-refractivity contribution in [1.29, 1.82) is 0 Å². The third kappa shape index (κ3) is 4.28. The molecule has 0 bridgehead atoms. The molecule has 1 rings (SSSR count). The molecule has 16 heavy (non-hydrogen) atoms. The van der Waals surface area contributed by atoms with Gasteiger partial charge in [-0.15, -0.1) is 0 Å². The number of allylic oxidation sites excluding steroid dienone is 1. The number of ketones is 1. The first kappa shape index (κ1) is 12.5. The summed E-state index contributed by atoms with van der Waals surface area (Å²) < 4.78 is 0. The standard InChI is InChI=1S/C12H13ClN2O/c1-15(2)14-9-11(16)8-7-10-5-3-4-6-12(10)13/h3-9H,1-2H3/b8-7+,14-9+. The van der Waals surface area contributed by atoms with Gasteiger partial charge in [-0.2, -0.15) is 5.10 Å². The van der Waals surface area contributed by atoms with E-state index in [0.29, 0.717) is 5.02 Å². The van der Waals surface area contributed by atoms with Gasteiger partial charge in [0.25, 0.3) is 0 Å². The summed E-state index contributed by atoms with van der Waals surface area (Å²) in [4.78, 5) is 11.3. The van der Waals surface area contributed by atoms with E-state index in [1.165, 1.54) is 12.3 Å². The topological polar surface area (TPSA) is 32.7 Å². The third-order valence-corrected chi connectivity index (χ3v) is 2.09. The minimum absolute atomic E-state index is 0.173. The maximum atomic E-state index is 11.3. The average molecular weight is 237 g/mol. The summed E-state index contributed by atoms with van der Waals surface area (Å²) >= 11 is 5.93. The van der Waals surface area contributed by atoms with Crippen LogP contribution in [0, 0.1) is 0 Å². The molecule has 0 heterocycles. The van der Waals surface area contributed by atoms with Crippen molar-refractivity contribution in [3.63, 3.8) is 0 Å². The van der Waals surface area contributed by atoms with Crippen LogP contribution in [-0.2, 0) is 4.79 Å². The molecule has 0 amide bonds. The highest BCUT2D eigenvalue weighted by Gasteiger charge is 1.95. The highest BCUT2D eigenvalue weighted by molar-refractivity contribution is 6.34. The normalized spacial score (nSPS) is 11.2. The van der Waals surface area contributed by atoms with E-state index < -0.39 is 0 Å². The van der Waals surface area contributed by atoms with Gasteiger partial charge in [0.2, 0.25) is 0 Å². The molecule has 0 N–H and O–H groups in total. The van der Waals surface area contributed by atoms with Crippen LogP contribution in [0.1, 0.15) is 5.56 Å². The van der Waals surface area contributed by atoms with Crippen LogP contribution in [0.2, 0.25) is 5.02 Å². The second-order valence-corrected chi connectivity index (χ2v) is 3.76. The summed E-state index contributed by atoms with van der Waals surface area (Å²) in [6.07, 6.45) is 4.37. The zero-order valence-corrected chi connectivity index (χ0v) is 9.98. The van der Waals surface area contributed by atoms with Crippen LogP contribution < -0.4 is 0 Å². The van der Waals surface area contributed by atoms with Crippen LogP contribution in [0.3, 0.4) is 0 Å². The predicted octanol–water partition coefficient (Wildman–Crippen LogP) is 2.47. The second kappa shape index (κ2) is 6.08. The number of carbonyl (C=O) groups is 1. The Balaban J connectivity index is 2.68. The Morgan fingerprint density at radius 2 is 2.06 bits per heavy atom. The van der Waals surface area contributed by atoms with Gasteiger partial charge in [0.05, 0.1) is 6.21 Å². The van der Waals surface area contributed by atoms with E-state index in [0.717, 1.165) is 5.56 Å². The molecule has 4 heteroatoms. The van der Waals surface area contributed by atoms with E-state index in [-0.39, 0.29) is 5.78 Å². The molecule has 0 fully saturated rings. The molecule has 0 aliphatic heterocycles. The summed E-state index contributed by atoms with van der Waals surface area (Å²) in [5.41, 5.74) is 0.816. The van der Waals surface area contributed by atoms with Crippen LogP contribution in [0.4, 0.5) is 0 Å². The molecule has 1 aromatic carbocycles. The Bertz CT molecular complexity index is 425.